The fraction of sp³-hybridized carbons (Fsp3) is 0.176. The highest BCUT2D eigenvalue weighted by Gasteiger charge is 2.19. The topological polar surface area (TPSA) is 84.0 Å². The summed E-state index contributed by atoms with van der Waals surface area (Å²) in [5.41, 5.74) is 2.51. The second-order valence-electron chi connectivity index (χ2n) is 5.57. The van der Waals surface area contributed by atoms with E-state index >= 15 is 0 Å². The van der Waals surface area contributed by atoms with Crippen molar-refractivity contribution in [1.29, 1.82) is 0 Å². The SMILES string of the molecule is CC(C)c1ccc(-c2nc3c(C(=O)O)cccn3c2N=O)cc1. The van der Waals surface area contributed by atoms with Crippen LogP contribution in [0.4, 0.5) is 5.82 Å². The van der Waals surface area contributed by atoms with Gasteiger partial charge >= 0.3 is 5.97 Å². The Kier molecular flexibility index (Phi) is 3.65. The van der Waals surface area contributed by atoms with Gasteiger partial charge in [0.2, 0.25) is 5.82 Å². The van der Waals surface area contributed by atoms with Crippen LogP contribution >= 0.6 is 0 Å². The molecule has 0 aliphatic heterocycles. The van der Waals surface area contributed by atoms with Gasteiger partial charge in [-0.3, -0.25) is 4.40 Å². The first-order valence-corrected chi connectivity index (χ1v) is 7.21. The average molecular weight is 309 g/mol. The molecule has 1 aromatic carbocycles. The molecule has 0 bridgehead atoms. The van der Waals surface area contributed by atoms with Crippen LogP contribution in [0.5, 0.6) is 0 Å². The first-order chi connectivity index (χ1) is 11.0. The van der Waals surface area contributed by atoms with E-state index in [0.717, 1.165) is 5.56 Å². The first kappa shape index (κ1) is 14.9. The van der Waals surface area contributed by atoms with Gasteiger partial charge in [-0.1, -0.05) is 38.1 Å². The van der Waals surface area contributed by atoms with Crippen molar-refractivity contribution in [2.75, 3.05) is 0 Å². The number of carboxylic acids is 1. The van der Waals surface area contributed by atoms with Crippen molar-refractivity contribution in [1.82, 2.24) is 9.38 Å². The largest absolute Gasteiger partial charge is 0.478 e. The number of carboxylic acid groups (broad SMARTS) is 1. The van der Waals surface area contributed by atoms with Crippen molar-refractivity contribution in [3.63, 3.8) is 0 Å². The van der Waals surface area contributed by atoms with Gasteiger partial charge in [0.15, 0.2) is 5.65 Å². The Hall–Kier alpha value is -3.02. The van der Waals surface area contributed by atoms with Crippen LogP contribution in [0.1, 0.15) is 35.7 Å². The summed E-state index contributed by atoms with van der Waals surface area (Å²) in [7, 11) is 0. The Morgan fingerprint density at radius 1 is 1.22 bits per heavy atom. The molecule has 0 fully saturated rings. The molecule has 6 nitrogen and oxygen atoms in total. The van der Waals surface area contributed by atoms with Crippen LogP contribution in [-0.4, -0.2) is 20.5 Å². The van der Waals surface area contributed by atoms with E-state index in [9.17, 15) is 14.8 Å². The number of hydrogen-bond acceptors (Lipinski definition) is 4. The number of hydrogen-bond donors (Lipinski definition) is 1. The highest BCUT2D eigenvalue weighted by atomic mass is 16.4. The van der Waals surface area contributed by atoms with Gasteiger partial charge in [-0.25, -0.2) is 9.78 Å². The summed E-state index contributed by atoms with van der Waals surface area (Å²) < 4.78 is 1.40. The Morgan fingerprint density at radius 3 is 2.48 bits per heavy atom. The maximum atomic E-state index is 11.3. The molecule has 6 heteroatoms. The van der Waals surface area contributed by atoms with Crippen LogP contribution in [0.3, 0.4) is 0 Å². The summed E-state index contributed by atoms with van der Waals surface area (Å²) in [6, 6.07) is 10.7. The van der Waals surface area contributed by atoms with Gasteiger partial charge in [0.25, 0.3) is 0 Å². The van der Waals surface area contributed by atoms with Gasteiger partial charge in [0.05, 0.1) is 0 Å². The predicted octanol–water partition coefficient (Wildman–Crippen LogP) is 4.22. The lowest BCUT2D eigenvalue weighted by molar-refractivity contribution is 0.0698. The van der Waals surface area contributed by atoms with Gasteiger partial charge in [-0.05, 0) is 28.8 Å². The number of carbonyl (C=O) groups is 1. The van der Waals surface area contributed by atoms with E-state index in [0.29, 0.717) is 11.6 Å². The molecule has 2 aromatic heterocycles. The van der Waals surface area contributed by atoms with Crippen LogP contribution in [0, 0.1) is 4.91 Å². The molecule has 0 atom stereocenters. The Labute approximate surface area is 132 Å². The predicted molar refractivity (Wildman–Crippen MR) is 87.1 cm³/mol. The lowest BCUT2D eigenvalue weighted by Gasteiger charge is -2.05. The van der Waals surface area contributed by atoms with Crippen LogP contribution in [-0.2, 0) is 0 Å². The van der Waals surface area contributed by atoms with E-state index in [1.807, 2.05) is 24.3 Å². The molecule has 0 spiro atoms. The summed E-state index contributed by atoms with van der Waals surface area (Å²) in [4.78, 5) is 26.9. The Morgan fingerprint density at radius 2 is 1.91 bits per heavy atom. The van der Waals surface area contributed by atoms with E-state index in [1.54, 1.807) is 12.3 Å². The maximum Gasteiger partial charge on any atom is 0.339 e. The smallest absolute Gasteiger partial charge is 0.339 e. The molecule has 0 aliphatic carbocycles. The highest BCUT2D eigenvalue weighted by Crippen LogP contribution is 2.32. The quantitative estimate of drug-likeness (QED) is 0.731. The van der Waals surface area contributed by atoms with Crippen molar-refractivity contribution in [2.24, 2.45) is 5.18 Å². The zero-order valence-corrected chi connectivity index (χ0v) is 12.7. The zero-order chi connectivity index (χ0) is 16.6. The second-order valence-corrected chi connectivity index (χ2v) is 5.57. The lowest BCUT2D eigenvalue weighted by atomic mass is 10.0. The fourth-order valence-corrected chi connectivity index (χ4v) is 2.53. The molecule has 0 unspecified atom stereocenters. The summed E-state index contributed by atoms with van der Waals surface area (Å²) in [6.07, 6.45) is 1.58. The number of pyridine rings is 1. The molecule has 116 valence electrons. The van der Waals surface area contributed by atoms with Crippen LogP contribution in [0.25, 0.3) is 16.9 Å². The number of imidazole rings is 1. The van der Waals surface area contributed by atoms with Gasteiger partial charge < -0.3 is 5.11 Å². The van der Waals surface area contributed by atoms with Gasteiger partial charge in [0, 0.05) is 11.8 Å². The molecule has 3 aromatic rings. The molecule has 0 saturated carbocycles. The van der Waals surface area contributed by atoms with E-state index in [4.69, 9.17) is 0 Å². The lowest BCUT2D eigenvalue weighted by Crippen LogP contribution is -1.99. The van der Waals surface area contributed by atoms with Crippen molar-refractivity contribution in [3.05, 3.63) is 58.6 Å². The number of aromatic carboxylic acids is 1. The zero-order valence-electron chi connectivity index (χ0n) is 12.7. The molecule has 3 rings (SSSR count). The number of nitroso groups, excluding NO2 is 1. The molecule has 0 aliphatic rings. The monoisotopic (exact) mass is 309 g/mol. The summed E-state index contributed by atoms with van der Waals surface area (Å²) in [5, 5.41) is 12.3. The van der Waals surface area contributed by atoms with Crippen LogP contribution in [0.2, 0.25) is 0 Å². The molecule has 0 radical (unpaired) electrons. The Bertz CT molecular complexity index is 895. The van der Waals surface area contributed by atoms with Crippen molar-refractivity contribution < 1.29 is 9.90 Å². The number of aromatic nitrogens is 2. The fourth-order valence-electron chi connectivity index (χ4n) is 2.53. The third kappa shape index (κ3) is 2.48. The van der Waals surface area contributed by atoms with Crippen molar-refractivity contribution >= 4 is 17.4 Å². The van der Waals surface area contributed by atoms with E-state index < -0.39 is 5.97 Å². The first-order valence-electron chi connectivity index (χ1n) is 7.21. The molecular weight excluding hydrogens is 294 g/mol. The van der Waals surface area contributed by atoms with Gasteiger partial charge in [0.1, 0.15) is 11.3 Å². The minimum absolute atomic E-state index is 0.0300. The summed E-state index contributed by atoms with van der Waals surface area (Å²) >= 11 is 0. The Balaban J connectivity index is 2.23. The maximum absolute atomic E-state index is 11.3. The normalized spacial score (nSPS) is 11.1. The molecular formula is C17H15N3O3. The molecule has 1 N–H and O–H groups in total. The third-order valence-corrected chi connectivity index (χ3v) is 3.79. The van der Waals surface area contributed by atoms with Crippen LogP contribution in [0.15, 0.2) is 47.8 Å². The van der Waals surface area contributed by atoms with E-state index in [-0.39, 0.29) is 17.0 Å². The molecule has 0 amide bonds. The van der Waals surface area contributed by atoms with E-state index in [2.05, 4.69) is 24.0 Å². The average Bonchev–Trinajstić information content (AvgIpc) is 2.93. The number of benzene rings is 1. The van der Waals surface area contributed by atoms with Gasteiger partial charge in [-0.15, -0.1) is 4.91 Å². The number of rotatable bonds is 4. The number of nitrogens with zero attached hydrogens (tertiary/aromatic N) is 3. The van der Waals surface area contributed by atoms with Crippen molar-refractivity contribution in [3.8, 4) is 11.3 Å². The molecule has 2 heterocycles. The van der Waals surface area contributed by atoms with Gasteiger partial charge in [-0.2, -0.15) is 0 Å². The highest BCUT2D eigenvalue weighted by molar-refractivity contribution is 5.95. The minimum atomic E-state index is -1.10. The second kappa shape index (κ2) is 5.64. The van der Waals surface area contributed by atoms with Crippen molar-refractivity contribution in [2.45, 2.75) is 19.8 Å². The third-order valence-electron chi connectivity index (χ3n) is 3.79. The minimum Gasteiger partial charge on any atom is -0.478 e. The molecule has 23 heavy (non-hydrogen) atoms. The number of fused-ring (bicyclic) bond motifs is 1. The van der Waals surface area contributed by atoms with E-state index in [1.165, 1.54) is 16.0 Å². The van der Waals surface area contributed by atoms with Crippen LogP contribution < -0.4 is 0 Å². The summed E-state index contributed by atoms with van der Waals surface area (Å²) in [5.74, 6) is -0.604. The standard InChI is InChI=1S/C17H15N3O3/c1-10(2)11-5-7-12(8-6-11)14-16(19-23)20-9-3-4-13(17(21)22)15(20)18-14/h3-10H,1-2H3,(H,21,22). The summed E-state index contributed by atoms with van der Waals surface area (Å²) in [6.45, 7) is 4.19. The molecule has 0 saturated heterocycles.